The first-order valence-electron chi connectivity index (χ1n) is 7.01. The van der Waals surface area contributed by atoms with Crippen LogP contribution in [-0.2, 0) is 10.0 Å². The summed E-state index contributed by atoms with van der Waals surface area (Å²) < 4.78 is 32.2. The highest BCUT2D eigenvalue weighted by Gasteiger charge is 2.29. The fourth-order valence-corrected chi connectivity index (χ4v) is 4.07. The Morgan fingerprint density at radius 2 is 2.25 bits per heavy atom. The first-order valence-corrected chi connectivity index (χ1v) is 8.45. The third-order valence-corrected chi connectivity index (χ3v) is 5.43. The standard InChI is InChI=1S/C14H22N2O3S/c1-2-19-13-6-3-7-14(9-13)20(17,18)16-8-4-5-12(10-15)11-16/h3,6-7,9,12H,2,4-5,8,10-11,15H2,1H3. The van der Waals surface area contributed by atoms with Gasteiger partial charge in [-0.25, -0.2) is 8.42 Å². The van der Waals surface area contributed by atoms with Gasteiger partial charge in [0.25, 0.3) is 0 Å². The summed E-state index contributed by atoms with van der Waals surface area (Å²) in [7, 11) is -3.45. The van der Waals surface area contributed by atoms with Gasteiger partial charge in [-0.05, 0) is 44.4 Å². The van der Waals surface area contributed by atoms with Crippen molar-refractivity contribution in [2.75, 3.05) is 26.2 Å². The van der Waals surface area contributed by atoms with Gasteiger partial charge < -0.3 is 10.5 Å². The van der Waals surface area contributed by atoms with Gasteiger partial charge in [-0.2, -0.15) is 4.31 Å². The molecule has 2 rings (SSSR count). The highest BCUT2D eigenvalue weighted by molar-refractivity contribution is 7.89. The number of piperidine rings is 1. The molecule has 2 N–H and O–H groups in total. The predicted molar refractivity (Wildman–Crippen MR) is 78.1 cm³/mol. The number of ether oxygens (including phenoxy) is 1. The normalized spacial score (nSPS) is 20.8. The maximum atomic E-state index is 12.6. The van der Waals surface area contributed by atoms with E-state index in [0.29, 0.717) is 36.9 Å². The highest BCUT2D eigenvalue weighted by Crippen LogP contribution is 2.25. The van der Waals surface area contributed by atoms with Crippen molar-refractivity contribution in [3.63, 3.8) is 0 Å². The van der Waals surface area contributed by atoms with E-state index in [-0.39, 0.29) is 5.92 Å². The third-order valence-electron chi connectivity index (χ3n) is 3.57. The van der Waals surface area contributed by atoms with Crippen LogP contribution in [0, 0.1) is 5.92 Å². The van der Waals surface area contributed by atoms with Gasteiger partial charge in [-0.3, -0.25) is 0 Å². The number of rotatable bonds is 5. The van der Waals surface area contributed by atoms with Crippen molar-refractivity contribution in [3.8, 4) is 5.75 Å². The minimum atomic E-state index is -3.45. The van der Waals surface area contributed by atoms with Crippen molar-refractivity contribution in [2.24, 2.45) is 11.7 Å². The summed E-state index contributed by atoms with van der Waals surface area (Å²) in [5.74, 6) is 0.842. The summed E-state index contributed by atoms with van der Waals surface area (Å²) in [6.07, 6.45) is 1.87. The molecule has 20 heavy (non-hydrogen) atoms. The van der Waals surface area contributed by atoms with Crippen LogP contribution < -0.4 is 10.5 Å². The van der Waals surface area contributed by atoms with Crippen LogP contribution in [0.25, 0.3) is 0 Å². The molecule has 5 nitrogen and oxygen atoms in total. The zero-order chi connectivity index (χ0) is 14.6. The van der Waals surface area contributed by atoms with Crippen molar-refractivity contribution in [1.29, 1.82) is 0 Å². The number of hydrogen-bond acceptors (Lipinski definition) is 4. The molecule has 0 saturated carbocycles. The minimum Gasteiger partial charge on any atom is -0.494 e. The molecule has 1 fully saturated rings. The molecule has 0 aromatic heterocycles. The SMILES string of the molecule is CCOc1cccc(S(=O)(=O)N2CCCC(CN)C2)c1. The van der Waals surface area contributed by atoms with Crippen molar-refractivity contribution in [3.05, 3.63) is 24.3 Å². The molecule has 0 bridgehead atoms. The lowest BCUT2D eigenvalue weighted by Gasteiger charge is -2.31. The molecule has 0 aliphatic carbocycles. The van der Waals surface area contributed by atoms with Gasteiger partial charge in [0.2, 0.25) is 10.0 Å². The fraction of sp³-hybridized carbons (Fsp3) is 0.571. The Bertz CT molecular complexity index is 545. The lowest BCUT2D eigenvalue weighted by atomic mass is 10.0. The summed E-state index contributed by atoms with van der Waals surface area (Å²) in [4.78, 5) is 0.293. The Balaban J connectivity index is 2.23. The highest BCUT2D eigenvalue weighted by atomic mass is 32.2. The van der Waals surface area contributed by atoms with Gasteiger partial charge in [0.15, 0.2) is 0 Å². The van der Waals surface area contributed by atoms with Crippen LogP contribution in [0.5, 0.6) is 5.75 Å². The van der Waals surface area contributed by atoms with Crippen LogP contribution >= 0.6 is 0 Å². The first-order chi connectivity index (χ1) is 9.57. The van der Waals surface area contributed by atoms with Gasteiger partial charge in [0.1, 0.15) is 5.75 Å². The molecular formula is C14H22N2O3S. The van der Waals surface area contributed by atoms with Crippen LogP contribution in [0.15, 0.2) is 29.2 Å². The molecule has 1 heterocycles. The Morgan fingerprint density at radius 1 is 1.45 bits per heavy atom. The molecule has 1 aliphatic heterocycles. The van der Waals surface area contributed by atoms with Crippen LogP contribution in [-0.4, -0.2) is 39.0 Å². The average Bonchev–Trinajstić information content (AvgIpc) is 2.48. The Hall–Kier alpha value is -1.11. The molecule has 0 radical (unpaired) electrons. The second-order valence-corrected chi connectivity index (χ2v) is 6.95. The second kappa shape index (κ2) is 6.56. The molecule has 1 unspecified atom stereocenters. The molecular weight excluding hydrogens is 276 g/mol. The lowest BCUT2D eigenvalue weighted by molar-refractivity contribution is 0.271. The van der Waals surface area contributed by atoms with Gasteiger partial charge in [-0.1, -0.05) is 6.07 Å². The molecule has 1 aromatic carbocycles. The fourth-order valence-electron chi connectivity index (χ4n) is 2.48. The summed E-state index contributed by atoms with van der Waals surface area (Å²) >= 11 is 0. The third kappa shape index (κ3) is 3.31. The number of nitrogens with two attached hydrogens (primary N) is 1. The van der Waals surface area contributed by atoms with Crippen molar-refractivity contribution in [2.45, 2.75) is 24.7 Å². The molecule has 1 atom stereocenters. The zero-order valence-corrected chi connectivity index (χ0v) is 12.6. The van der Waals surface area contributed by atoms with Crippen LogP contribution in [0.3, 0.4) is 0 Å². The molecule has 1 aromatic rings. The van der Waals surface area contributed by atoms with Gasteiger partial charge in [-0.15, -0.1) is 0 Å². The van der Waals surface area contributed by atoms with E-state index >= 15 is 0 Å². The zero-order valence-electron chi connectivity index (χ0n) is 11.8. The van der Waals surface area contributed by atoms with E-state index in [2.05, 4.69) is 0 Å². The van der Waals surface area contributed by atoms with Gasteiger partial charge in [0, 0.05) is 19.2 Å². The van der Waals surface area contributed by atoms with Crippen LogP contribution in [0.4, 0.5) is 0 Å². The maximum Gasteiger partial charge on any atom is 0.243 e. The second-order valence-electron chi connectivity index (χ2n) is 5.01. The van der Waals surface area contributed by atoms with E-state index in [1.807, 2.05) is 6.92 Å². The largest absolute Gasteiger partial charge is 0.494 e. The molecule has 1 saturated heterocycles. The molecule has 0 amide bonds. The Kier molecular flexibility index (Phi) is 5.01. The summed E-state index contributed by atoms with van der Waals surface area (Å²) in [5.41, 5.74) is 5.67. The number of sulfonamides is 1. The quantitative estimate of drug-likeness (QED) is 0.893. The van der Waals surface area contributed by atoms with E-state index < -0.39 is 10.0 Å². The summed E-state index contributed by atoms with van der Waals surface area (Å²) in [6, 6.07) is 6.68. The summed E-state index contributed by atoms with van der Waals surface area (Å²) in [6.45, 7) is 4.00. The minimum absolute atomic E-state index is 0.258. The molecule has 0 spiro atoms. The number of hydrogen-bond donors (Lipinski definition) is 1. The van der Waals surface area contributed by atoms with Crippen molar-refractivity contribution in [1.82, 2.24) is 4.31 Å². The number of nitrogens with zero attached hydrogens (tertiary/aromatic N) is 1. The smallest absolute Gasteiger partial charge is 0.243 e. The topological polar surface area (TPSA) is 72.6 Å². The van der Waals surface area contributed by atoms with E-state index in [1.165, 1.54) is 0 Å². The van der Waals surface area contributed by atoms with Gasteiger partial charge >= 0.3 is 0 Å². The number of benzene rings is 1. The van der Waals surface area contributed by atoms with E-state index in [9.17, 15) is 8.42 Å². The average molecular weight is 298 g/mol. The molecule has 6 heteroatoms. The van der Waals surface area contributed by atoms with E-state index in [4.69, 9.17) is 10.5 Å². The Labute approximate surface area is 120 Å². The van der Waals surface area contributed by atoms with Crippen molar-refractivity contribution < 1.29 is 13.2 Å². The molecule has 112 valence electrons. The maximum absolute atomic E-state index is 12.6. The Morgan fingerprint density at radius 3 is 2.95 bits per heavy atom. The van der Waals surface area contributed by atoms with Crippen LogP contribution in [0.1, 0.15) is 19.8 Å². The lowest BCUT2D eigenvalue weighted by Crippen LogP contribution is -2.41. The van der Waals surface area contributed by atoms with Crippen LogP contribution in [0.2, 0.25) is 0 Å². The first kappa shape index (κ1) is 15.3. The summed E-state index contributed by atoms with van der Waals surface area (Å²) in [5, 5.41) is 0. The van der Waals surface area contributed by atoms with E-state index in [1.54, 1.807) is 28.6 Å². The van der Waals surface area contributed by atoms with Gasteiger partial charge in [0.05, 0.1) is 11.5 Å². The predicted octanol–water partition coefficient (Wildman–Crippen LogP) is 1.44. The van der Waals surface area contributed by atoms with E-state index in [0.717, 1.165) is 12.8 Å². The monoisotopic (exact) mass is 298 g/mol. The molecule has 1 aliphatic rings. The van der Waals surface area contributed by atoms with Crippen molar-refractivity contribution >= 4 is 10.0 Å².